The Morgan fingerprint density at radius 2 is 1.95 bits per heavy atom. The summed E-state index contributed by atoms with van der Waals surface area (Å²) in [6.07, 6.45) is 1.41. The second-order valence-corrected chi connectivity index (χ2v) is 6.06. The molecule has 7 nitrogen and oxygen atoms in total. The van der Waals surface area contributed by atoms with Crippen LogP contribution in [0.4, 0.5) is 5.69 Å². The van der Waals surface area contributed by atoms with E-state index in [1.807, 2.05) is 43.3 Å². The molecule has 2 aromatic rings. The second kappa shape index (κ2) is 7.17. The van der Waals surface area contributed by atoms with Crippen molar-refractivity contribution in [3.8, 4) is 0 Å². The van der Waals surface area contributed by atoms with E-state index in [1.165, 1.54) is 22.8 Å². The minimum Gasteiger partial charge on any atom is -0.378 e. The number of benzene rings is 1. The van der Waals surface area contributed by atoms with E-state index in [2.05, 4.69) is 10.2 Å². The van der Waals surface area contributed by atoms with Gasteiger partial charge < -0.3 is 15.6 Å². The number of nitrogens with two attached hydrogens (primary N) is 1. The van der Waals surface area contributed by atoms with E-state index < -0.39 is 0 Å². The van der Waals surface area contributed by atoms with Crippen molar-refractivity contribution in [2.45, 2.75) is 11.7 Å². The summed E-state index contributed by atoms with van der Waals surface area (Å²) in [7, 11) is 5.78. The zero-order valence-electron chi connectivity index (χ0n) is 12.9. The Morgan fingerprint density at radius 1 is 1.27 bits per heavy atom. The van der Waals surface area contributed by atoms with E-state index in [4.69, 9.17) is 5.84 Å². The monoisotopic (exact) mass is 320 g/mol. The molecule has 22 heavy (non-hydrogen) atoms. The summed E-state index contributed by atoms with van der Waals surface area (Å²) < 4.78 is 1.30. The first kappa shape index (κ1) is 16.2. The minimum absolute atomic E-state index is 0.0182. The maximum Gasteiger partial charge on any atom is 0.233 e. The molecule has 118 valence electrons. The van der Waals surface area contributed by atoms with Crippen LogP contribution >= 0.6 is 11.8 Å². The van der Waals surface area contributed by atoms with Crippen molar-refractivity contribution < 1.29 is 4.79 Å². The van der Waals surface area contributed by atoms with Gasteiger partial charge in [0, 0.05) is 33.4 Å². The van der Waals surface area contributed by atoms with Gasteiger partial charge in [0.05, 0.1) is 5.75 Å². The SMILES string of the molecule is CN(Cc1ccc(N(C)C)cc1)C(=O)CSc1nncn1N. The lowest BCUT2D eigenvalue weighted by Gasteiger charge is -2.18. The molecule has 0 bridgehead atoms. The molecule has 0 fully saturated rings. The van der Waals surface area contributed by atoms with Crippen LogP contribution in [0.15, 0.2) is 35.7 Å². The highest BCUT2D eigenvalue weighted by Crippen LogP contribution is 2.15. The number of amides is 1. The van der Waals surface area contributed by atoms with Crippen LogP contribution < -0.4 is 10.7 Å². The van der Waals surface area contributed by atoms with E-state index in [0.29, 0.717) is 11.7 Å². The van der Waals surface area contributed by atoms with Crippen LogP contribution in [0.5, 0.6) is 0 Å². The summed E-state index contributed by atoms with van der Waals surface area (Å²) in [5.41, 5.74) is 2.23. The number of nitrogen functional groups attached to an aromatic ring is 1. The fraction of sp³-hybridized carbons (Fsp3) is 0.357. The van der Waals surface area contributed by atoms with E-state index >= 15 is 0 Å². The van der Waals surface area contributed by atoms with Crippen molar-refractivity contribution in [2.75, 3.05) is 37.6 Å². The van der Waals surface area contributed by atoms with Crippen molar-refractivity contribution in [3.63, 3.8) is 0 Å². The molecule has 0 aliphatic rings. The number of anilines is 1. The first-order valence-corrected chi connectivity index (χ1v) is 7.74. The molecule has 1 aromatic carbocycles. The molecule has 0 unspecified atom stereocenters. The molecule has 2 N–H and O–H groups in total. The van der Waals surface area contributed by atoms with Gasteiger partial charge in [-0.15, -0.1) is 10.2 Å². The van der Waals surface area contributed by atoms with Crippen LogP contribution in [0.1, 0.15) is 5.56 Å². The van der Waals surface area contributed by atoms with E-state index in [-0.39, 0.29) is 11.7 Å². The maximum atomic E-state index is 12.1. The summed E-state index contributed by atoms with van der Waals surface area (Å²) in [6.45, 7) is 0.572. The molecule has 0 saturated carbocycles. The molecular weight excluding hydrogens is 300 g/mol. The highest BCUT2D eigenvalue weighted by molar-refractivity contribution is 7.99. The Labute approximate surface area is 134 Å². The van der Waals surface area contributed by atoms with Gasteiger partial charge in [-0.3, -0.25) is 4.79 Å². The lowest BCUT2D eigenvalue weighted by atomic mass is 10.2. The Bertz CT molecular complexity index is 625. The molecular formula is C14H20N6OS. The van der Waals surface area contributed by atoms with Crippen molar-refractivity contribution in [3.05, 3.63) is 36.2 Å². The fourth-order valence-electron chi connectivity index (χ4n) is 1.83. The zero-order chi connectivity index (χ0) is 16.1. The average Bonchev–Trinajstić information content (AvgIpc) is 2.90. The van der Waals surface area contributed by atoms with Gasteiger partial charge in [-0.05, 0) is 17.7 Å². The molecule has 1 aromatic heterocycles. The van der Waals surface area contributed by atoms with Crippen LogP contribution in [0, 0.1) is 0 Å². The first-order valence-electron chi connectivity index (χ1n) is 6.75. The number of hydrogen-bond acceptors (Lipinski definition) is 6. The lowest BCUT2D eigenvalue weighted by Crippen LogP contribution is -2.28. The third-order valence-electron chi connectivity index (χ3n) is 3.16. The molecule has 1 heterocycles. The van der Waals surface area contributed by atoms with Crippen LogP contribution in [-0.2, 0) is 11.3 Å². The molecule has 0 radical (unpaired) electrons. The normalized spacial score (nSPS) is 10.5. The number of hydrogen-bond donors (Lipinski definition) is 1. The second-order valence-electron chi connectivity index (χ2n) is 5.12. The van der Waals surface area contributed by atoms with Gasteiger partial charge in [0.1, 0.15) is 6.33 Å². The summed E-state index contributed by atoms with van der Waals surface area (Å²) in [5, 5.41) is 8.03. The van der Waals surface area contributed by atoms with Crippen LogP contribution in [0.2, 0.25) is 0 Å². The number of carbonyl (C=O) groups is 1. The molecule has 0 aliphatic carbocycles. The van der Waals surface area contributed by atoms with Crippen LogP contribution in [-0.4, -0.2) is 52.6 Å². The van der Waals surface area contributed by atoms with E-state index in [0.717, 1.165) is 11.3 Å². The molecule has 0 atom stereocenters. The number of nitrogens with zero attached hydrogens (tertiary/aromatic N) is 5. The topological polar surface area (TPSA) is 80.3 Å². The molecule has 2 rings (SSSR count). The minimum atomic E-state index is 0.0182. The summed E-state index contributed by atoms with van der Waals surface area (Å²) in [6, 6.07) is 8.14. The lowest BCUT2D eigenvalue weighted by molar-refractivity contribution is -0.127. The molecule has 8 heteroatoms. The average molecular weight is 320 g/mol. The predicted octanol–water partition coefficient (Wildman–Crippen LogP) is 0.809. The summed E-state index contributed by atoms with van der Waals surface area (Å²) in [5.74, 6) is 5.91. The number of aromatic nitrogens is 3. The Balaban J connectivity index is 1.86. The van der Waals surface area contributed by atoms with Gasteiger partial charge in [0.25, 0.3) is 0 Å². The standard InChI is InChI=1S/C14H20N6OS/c1-18(2)12-6-4-11(5-7-12)8-19(3)13(21)9-22-14-17-16-10-20(14)15/h4-7,10H,8-9,15H2,1-3H3. The molecule has 1 amide bonds. The smallest absolute Gasteiger partial charge is 0.233 e. The van der Waals surface area contributed by atoms with Crippen molar-refractivity contribution in [1.29, 1.82) is 0 Å². The summed E-state index contributed by atoms with van der Waals surface area (Å²) in [4.78, 5) is 15.9. The third-order valence-corrected chi connectivity index (χ3v) is 4.11. The number of rotatable bonds is 6. The van der Waals surface area contributed by atoms with E-state index in [9.17, 15) is 4.79 Å². The molecule has 0 spiro atoms. The highest BCUT2D eigenvalue weighted by Gasteiger charge is 2.12. The van der Waals surface area contributed by atoms with Gasteiger partial charge in [0.2, 0.25) is 11.1 Å². The predicted molar refractivity (Wildman–Crippen MR) is 88.1 cm³/mol. The maximum absolute atomic E-state index is 12.1. The van der Waals surface area contributed by atoms with Crippen molar-refractivity contribution in [2.24, 2.45) is 0 Å². The molecule has 0 saturated heterocycles. The summed E-state index contributed by atoms with van der Waals surface area (Å²) >= 11 is 1.27. The van der Waals surface area contributed by atoms with Gasteiger partial charge in [-0.25, -0.2) is 4.68 Å². The first-order chi connectivity index (χ1) is 10.5. The van der Waals surface area contributed by atoms with Crippen LogP contribution in [0.25, 0.3) is 0 Å². The third kappa shape index (κ3) is 4.14. The van der Waals surface area contributed by atoms with Crippen molar-refractivity contribution in [1.82, 2.24) is 19.8 Å². The van der Waals surface area contributed by atoms with Gasteiger partial charge in [-0.2, -0.15) is 0 Å². The Kier molecular flexibility index (Phi) is 5.26. The van der Waals surface area contributed by atoms with Crippen LogP contribution in [0.3, 0.4) is 0 Å². The van der Waals surface area contributed by atoms with Crippen molar-refractivity contribution >= 4 is 23.4 Å². The quantitative estimate of drug-likeness (QED) is 0.627. The largest absolute Gasteiger partial charge is 0.378 e. The zero-order valence-corrected chi connectivity index (χ0v) is 13.7. The Hall–Kier alpha value is -2.22. The fourth-order valence-corrected chi connectivity index (χ4v) is 2.61. The van der Waals surface area contributed by atoms with Gasteiger partial charge in [-0.1, -0.05) is 23.9 Å². The number of carbonyl (C=O) groups excluding carboxylic acids is 1. The van der Waals surface area contributed by atoms with Gasteiger partial charge in [0.15, 0.2) is 0 Å². The van der Waals surface area contributed by atoms with E-state index in [1.54, 1.807) is 11.9 Å². The number of thioether (sulfide) groups is 1. The van der Waals surface area contributed by atoms with Gasteiger partial charge >= 0.3 is 0 Å². The Morgan fingerprint density at radius 3 is 2.50 bits per heavy atom. The molecule has 0 aliphatic heterocycles. The highest BCUT2D eigenvalue weighted by atomic mass is 32.2.